The molecule has 0 N–H and O–H groups in total. The molecule has 36 heavy (non-hydrogen) atoms. The molecule has 0 saturated heterocycles. The molecular weight excluding hydrogens is 465 g/mol. The minimum absolute atomic E-state index is 0.0388. The third-order valence-corrected chi connectivity index (χ3v) is 6.32. The van der Waals surface area contributed by atoms with E-state index in [1.807, 2.05) is 29.1 Å². The van der Waals surface area contributed by atoms with Gasteiger partial charge in [-0.15, -0.1) is 10.2 Å². The van der Waals surface area contributed by atoms with Crippen LogP contribution in [0.25, 0.3) is 22.8 Å². The molecule has 184 valence electrons. The first-order chi connectivity index (χ1) is 17.5. The third kappa shape index (κ3) is 3.72. The number of hydrogen-bond donors (Lipinski definition) is 0. The molecule has 0 amide bonds. The van der Waals surface area contributed by atoms with Crippen LogP contribution in [0.1, 0.15) is 49.4 Å². The van der Waals surface area contributed by atoms with Crippen LogP contribution in [-0.4, -0.2) is 47.7 Å². The van der Waals surface area contributed by atoms with Crippen LogP contribution < -0.4 is 4.74 Å². The molecule has 0 fully saturated rings. The lowest BCUT2D eigenvalue weighted by molar-refractivity contribution is 0.143. The van der Waals surface area contributed by atoms with Gasteiger partial charge in [0.2, 0.25) is 11.7 Å². The number of allylic oxidation sites excluding steroid dienone is 2. The Kier molecular flexibility index (Phi) is 5.48. The highest BCUT2D eigenvalue weighted by Gasteiger charge is 2.32. The fourth-order valence-corrected chi connectivity index (χ4v) is 4.40. The van der Waals surface area contributed by atoms with Crippen molar-refractivity contribution in [1.82, 2.24) is 34.5 Å². The van der Waals surface area contributed by atoms with Gasteiger partial charge in [-0.2, -0.15) is 4.98 Å². The fourth-order valence-electron chi connectivity index (χ4n) is 4.40. The fraction of sp³-hybridized carbons (Fsp3) is 0.320. The molecule has 4 aromatic rings. The van der Waals surface area contributed by atoms with E-state index in [1.54, 1.807) is 31.6 Å². The first-order valence-electron chi connectivity index (χ1n) is 11.7. The van der Waals surface area contributed by atoms with E-state index in [-0.39, 0.29) is 24.4 Å². The number of benzene rings is 1. The number of fused-ring (bicyclic) bond motifs is 5. The van der Waals surface area contributed by atoms with E-state index in [4.69, 9.17) is 14.0 Å². The van der Waals surface area contributed by atoms with Gasteiger partial charge in [0.1, 0.15) is 18.6 Å². The highest BCUT2D eigenvalue weighted by atomic mass is 19.1. The van der Waals surface area contributed by atoms with Crippen LogP contribution in [0.15, 0.2) is 47.3 Å². The molecule has 1 aliphatic carbocycles. The molecule has 0 spiro atoms. The van der Waals surface area contributed by atoms with Gasteiger partial charge in [-0.1, -0.05) is 37.2 Å². The summed E-state index contributed by atoms with van der Waals surface area (Å²) in [6, 6.07) is 6.28. The summed E-state index contributed by atoms with van der Waals surface area (Å²) in [6.45, 7) is 4.40. The maximum atomic E-state index is 14.1. The molecule has 11 heteroatoms. The second kappa shape index (κ2) is 8.83. The normalized spacial score (nSPS) is 16.6. The Bertz CT molecular complexity index is 1500. The van der Waals surface area contributed by atoms with Gasteiger partial charge in [0.25, 0.3) is 0 Å². The average molecular weight is 490 g/mol. The van der Waals surface area contributed by atoms with Crippen LogP contribution in [0.2, 0.25) is 0 Å². The highest BCUT2D eigenvalue weighted by Crippen LogP contribution is 2.38. The number of rotatable bonds is 6. The molecular formula is C25H24FN7O3. The van der Waals surface area contributed by atoms with Gasteiger partial charge in [-0.05, 0) is 24.6 Å². The van der Waals surface area contributed by atoms with Crippen LogP contribution in [0.5, 0.6) is 5.75 Å². The molecule has 6 rings (SSSR count). The molecule has 0 radical (unpaired) electrons. The van der Waals surface area contributed by atoms with Gasteiger partial charge in [0.05, 0.1) is 24.0 Å². The zero-order valence-electron chi connectivity index (χ0n) is 20.1. The van der Waals surface area contributed by atoms with E-state index in [1.165, 1.54) is 6.07 Å². The van der Waals surface area contributed by atoms with E-state index in [2.05, 4.69) is 31.4 Å². The number of hydrogen-bond acceptors (Lipinski definition) is 8. The van der Waals surface area contributed by atoms with Crippen LogP contribution in [0, 0.1) is 5.82 Å². The number of nitrogens with zero attached hydrogens (tertiary/aromatic N) is 7. The van der Waals surface area contributed by atoms with Crippen molar-refractivity contribution in [2.45, 2.75) is 45.4 Å². The van der Waals surface area contributed by atoms with Crippen LogP contribution in [-0.2, 0) is 17.9 Å². The Hall–Kier alpha value is -4.12. The lowest BCUT2D eigenvalue weighted by atomic mass is 10.0. The minimum Gasteiger partial charge on any atom is -0.483 e. The van der Waals surface area contributed by atoms with Crippen molar-refractivity contribution in [1.29, 1.82) is 0 Å². The number of halogens is 1. The Morgan fingerprint density at radius 2 is 2.08 bits per heavy atom. The van der Waals surface area contributed by atoms with Gasteiger partial charge in [-0.3, -0.25) is 0 Å². The molecule has 4 heterocycles. The lowest BCUT2D eigenvalue weighted by Crippen LogP contribution is -2.14. The zero-order valence-corrected chi connectivity index (χ0v) is 20.1. The maximum Gasteiger partial charge on any atom is 0.229 e. The predicted molar refractivity (Wildman–Crippen MR) is 127 cm³/mol. The van der Waals surface area contributed by atoms with Gasteiger partial charge in [0, 0.05) is 18.6 Å². The molecule has 1 unspecified atom stereocenters. The number of aromatic nitrogens is 7. The number of para-hydroxylation sites is 1. The second-order valence-electron chi connectivity index (χ2n) is 8.95. The summed E-state index contributed by atoms with van der Waals surface area (Å²) in [5.74, 6) is 1.99. The number of ether oxygens (including phenoxy) is 2. The smallest absolute Gasteiger partial charge is 0.229 e. The Morgan fingerprint density at radius 1 is 1.22 bits per heavy atom. The first-order valence-corrected chi connectivity index (χ1v) is 11.7. The van der Waals surface area contributed by atoms with E-state index in [0.717, 1.165) is 17.0 Å². The van der Waals surface area contributed by atoms with Gasteiger partial charge < -0.3 is 23.1 Å². The lowest BCUT2D eigenvalue weighted by Gasteiger charge is -2.20. The SMILES string of the molecule is COC1C=C2C(=CC1)n1cnc(-c3noc(C(C)C)n3)c1Cn1c(COc3ccccc3F)nnc12. The van der Waals surface area contributed by atoms with E-state index in [0.29, 0.717) is 42.0 Å². The largest absolute Gasteiger partial charge is 0.483 e. The summed E-state index contributed by atoms with van der Waals surface area (Å²) in [7, 11) is 1.68. The Labute approximate surface area is 206 Å². The van der Waals surface area contributed by atoms with Crippen LogP contribution >= 0.6 is 0 Å². The molecule has 0 bridgehead atoms. The second-order valence-corrected chi connectivity index (χ2v) is 8.95. The van der Waals surface area contributed by atoms with Gasteiger partial charge in [-0.25, -0.2) is 9.37 Å². The zero-order chi connectivity index (χ0) is 24.8. The van der Waals surface area contributed by atoms with Gasteiger partial charge in [0.15, 0.2) is 23.2 Å². The van der Waals surface area contributed by atoms with Crippen molar-refractivity contribution < 1.29 is 18.4 Å². The minimum atomic E-state index is -0.435. The molecule has 1 aromatic carbocycles. The average Bonchev–Trinajstić information content (AvgIpc) is 3.61. The Balaban J connectivity index is 1.45. The van der Waals surface area contributed by atoms with Crippen LogP contribution in [0.3, 0.4) is 0 Å². The van der Waals surface area contributed by atoms with Gasteiger partial charge >= 0.3 is 0 Å². The standard InChI is InChI=1S/C25H24FN7O3/c1-14(2)25-28-23(31-36-25)22-19-11-32-21(12-35-20-7-5-4-6-17(20)26)29-30-24(32)16-10-15(34-3)8-9-18(16)33(19)13-27-22/h4-7,9-10,13-15H,8,11-12H2,1-3H3. The summed E-state index contributed by atoms with van der Waals surface area (Å²) >= 11 is 0. The van der Waals surface area contributed by atoms with Crippen LogP contribution in [0.4, 0.5) is 4.39 Å². The van der Waals surface area contributed by atoms with Crippen molar-refractivity contribution in [3.63, 3.8) is 0 Å². The molecule has 1 atom stereocenters. The summed E-state index contributed by atoms with van der Waals surface area (Å²) in [5.41, 5.74) is 3.26. The third-order valence-electron chi connectivity index (χ3n) is 6.32. The molecule has 10 nitrogen and oxygen atoms in total. The topological polar surface area (TPSA) is 106 Å². The highest BCUT2D eigenvalue weighted by molar-refractivity contribution is 5.98. The summed E-state index contributed by atoms with van der Waals surface area (Å²) in [5, 5.41) is 13.1. The Morgan fingerprint density at radius 3 is 2.86 bits per heavy atom. The molecule has 2 aliphatic rings. The predicted octanol–water partition coefficient (Wildman–Crippen LogP) is 4.07. The van der Waals surface area contributed by atoms with Crippen molar-refractivity contribution in [2.24, 2.45) is 0 Å². The van der Waals surface area contributed by atoms with Crippen molar-refractivity contribution in [3.8, 4) is 17.3 Å². The molecule has 1 aliphatic heterocycles. The number of imidazole rings is 1. The van der Waals surface area contributed by atoms with Crippen molar-refractivity contribution in [3.05, 3.63) is 71.8 Å². The number of methoxy groups -OCH3 is 1. The summed E-state index contributed by atoms with van der Waals surface area (Å²) in [4.78, 5) is 9.21. The first kappa shape index (κ1) is 22.4. The van der Waals surface area contributed by atoms with E-state index < -0.39 is 5.82 Å². The summed E-state index contributed by atoms with van der Waals surface area (Å²) < 4.78 is 34.9. The molecule has 3 aromatic heterocycles. The summed E-state index contributed by atoms with van der Waals surface area (Å²) in [6.07, 6.45) is 6.52. The quantitative estimate of drug-likeness (QED) is 0.399. The monoisotopic (exact) mass is 489 g/mol. The molecule has 0 saturated carbocycles. The van der Waals surface area contributed by atoms with Crippen molar-refractivity contribution in [2.75, 3.05) is 7.11 Å². The maximum absolute atomic E-state index is 14.1. The van der Waals surface area contributed by atoms with E-state index in [9.17, 15) is 4.39 Å². The van der Waals surface area contributed by atoms with Crippen molar-refractivity contribution >= 4 is 11.3 Å². The van der Waals surface area contributed by atoms with E-state index >= 15 is 0 Å².